The zero-order valence-corrected chi connectivity index (χ0v) is 11.6. The zero-order chi connectivity index (χ0) is 13.8. The first kappa shape index (κ1) is 14.3. The molecule has 2 fully saturated rings. The highest BCUT2D eigenvalue weighted by Gasteiger charge is 2.34. The number of hydrogen-bond acceptors (Lipinski definition) is 4. The molecular weight excluding hydrogens is 244 g/mol. The monoisotopic (exact) mass is 268 g/mol. The second-order valence-corrected chi connectivity index (χ2v) is 5.72. The van der Waals surface area contributed by atoms with Crippen LogP contribution in [0.5, 0.6) is 0 Å². The Kier molecular flexibility index (Phi) is 4.80. The van der Waals surface area contributed by atoms with E-state index in [4.69, 9.17) is 10.5 Å². The van der Waals surface area contributed by atoms with E-state index in [0.29, 0.717) is 18.8 Å². The minimum atomic E-state index is -0.240. The minimum Gasteiger partial charge on any atom is -0.469 e. The molecule has 2 atom stereocenters. The third-order valence-electron chi connectivity index (χ3n) is 4.22. The number of nitrogens with zero attached hydrogens (tertiary/aromatic N) is 1. The van der Waals surface area contributed by atoms with Crippen molar-refractivity contribution in [2.75, 3.05) is 13.7 Å². The summed E-state index contributed by atoms with van der Waals surface area (Å²) >= 11 is 0. The van der Waals surface area contributed by atoms with Crippen molar-refractivity contribution in [2.45, 2.75) is 57.0 Å². The zero-order valence-electron chi connectivity index (χ0n) is 11.6. The lowest BCUT2D eigenvalue weighted by molar-refractivity contribution is -0.144. The summed E-state index contributed by atoms with van der Waals surface area (Å²) in [6.07, 6.45) is 6.00. The Morgan fingerprint density at radius 3 is 2.68 bits per heavy atom. The number of ether oxygens (including phenoxy) is 1. The summed E-state index contributed by atoms with van der Waals surface area (Å²) < 4.78 is 4.71. The minimum absolute atomic E-state index is 0.0000954. The summed E-state index contributed by atoms with van der Waals surface area (Å²) in [5.41, 5.74) is 6.02. The van der Waals surface area contributed by atoms with Crippen LogP contribution < -0.4 is 5.73 Å². The smallest absolute Gasteiger partial charge is 0.307 e. The second kappa shape index (κ2) is 6.37. The molecule has 1 amide bonds. The maximum Gasteiger partial charge on any atom is 0.307 e. The van der Waals surface area contributed by atoms with Gasteiger partial charge in [-0.15, -0.1) is 0 Å². The van der Waals surface area contributed by atoms with Crippen LogP contribution in [0.1, 0.15) is 44.9 Å². The van der Waals surface area contributed by atoms with Gasteiger partial charge in [0, 0.05) is 25.0 Å². The third kappa shape index (κ3) is 3.93. The van der Waals surface area contributed by atoms with E-state index in [2.05, 4.69) is 0 Å². The van der Waals surface area contributed by atoms with Gasteiger partial charge in [-0.3, -0.25) is 9.59 Å². The Morgan fingerprint density at radius 2 is 2.05 bits per heavy atom. The molecule has 0 radical (unpaired) electrons. The van der Waals surface area contributed by atoms with Crippen LogP contribution >= 0.6 is 0 Å². The summed E-state index contributed by atoms with van der Waals surface area (Å²) in [6, 6.07) is -0.00620. The number of likely N-dealkylation sites (tertiary alicyclic amines) is 1. The van der Waals surface area contributed by atoms with Crippen molar-refractivity contribution in [3.05, 3.63) is 0 Å². The average molecular weight is 268 g/mol. The third-order valence-corrected chi connectivity index (χ3v) is 4.22. The molecule has 2 N–H and O–H groups in total. The molecule has 0 aromatic carbocycles. The molecule has 0 aromatic heterocycles. The van der Waals surface area contributed by atoms with Gasteiger partial charge in [-0.2, -0.15) is 0 Å². The molecule has 5 nitrogen and oxygen atoms in total. The summed E-state index contributed by atoms with van der Waals surface area (Å²) in [5, 5.41) is 0. The van der Waals surface area contributed by atoms with E-state index in [9.17, 15) is 9.59 Å². The van der Waals surface area contributed by atoms with Gasteiger partial charge in [0.25, 0.3) is 0 Å². The predicted octanol–water partition coefficient (Wildman–Crippen LogP) is 1.06. The lowest BCUT2D eigenvalue weighted by Crippen LogP contribution is -2.46. The molecule has 2 rings (SSSR count). The van der Waals surface area contributed by atoms with Gasteiger partial charge in [-0.25, -0.2) is 0 Å². The molecule has 2 unspecified atom stereocenters. The number of amides is 1. The summed E-state index contributed by atoms with van der Waals surface area (Å²) in [7, 11) is 1.39. The lowest BCUT2D eigenvalue weighted by atomic mass is 9.98. The van der Waals surface area contributed by atoms with Crippen LogP contribution in [0.25, 0.3) is 0 Å². The normalized spacial score (nSPS) is 24.9. The van der Waals surface area contributed by atoms with Gasteiger partial charge >= 0.3 is 5.97 Å². The van der Waals surface area contributed by atoms with Crippen LogP contribution in [-0.2, 0) is 14.3 Å². The fourth-order valence-electron chi connectivity index (χ4n) is 2.83. The van der Waals surface area contributed by atoms with Crippen molar-refractivity contribution in [2.24, 2.45) is 11.7 Å². The molecule has 2 aliphatic rings. The molecule has 108 valence electrons. The van der Waals surface area contributed by atoms with Crippen molar-refractivity contribution in [3.8, 4) is 0 Å². The SMILES string of the molecule is COC(=O)CC1CCCCN1C(=O)CC(N)C1CC1. The van der Waals surface area contributed by atoms with Crippen molar-refractivity contribution in [1.82, 2.24) is 4.90 Å². The number of methoxy groups -OCH3 is 1. The van der Waals surface area contributed by atoms with E-state index in [1.54, 1.807) is 0 Å². The molecular formula is C14H24N2O3. The van der Waals surface area contributed by atoms with E-state index in [1.165, 1.54) is 7.11 Å². The first-order valence-electron chi connectivity index (χ1n) is 7.23. The van der Waals surface area contributed by atoms with Gasteiger partial charge in [-0.1, -0.05) is 0 Å². The number of nitrogens with two attached hydrogens (primary N) is 1. The first-order chi connectivity index (χ1) is 9.11. The lowest BCUT2D eigenvalue weighted by Gasteiger charge is -2.35. The summed E-state index contributed by atoms with van der Waals surface area (Å²) in [4.78, 5) is 25.6. The maximum absolute atomic E-state index is 12.3. The quantitative estimate of drug-likeness (QED) is 0.757. The van der Waals surface area contributed by atoms with Gasteiger partial charge in [0.2, 0.25) is 5.91 Å². The fraction of sp³-hybridized carbons (Fsp3) is 0.857. The summed E-state index contributed by atoms with van der Waals surface area (Å²) in [6.45, 7) is 0.748. The van der Waals surface area contributed by atoms with E-state index in [-0.39, 0.29) is 24.0 Å². The maximum atomic E-state index is 12.3. The molecule has 1 aliphatic carbocycles. The van der Waals surface area contributed by atoms with Crippen LogP contribution in [0.15, 0.2) is 0 Å². The van der Waals surface area contributed by atoms with E-state index in [0.717, 1.165) is 38.6 Å². The standard InChI is InChI=1S/C14H24N2O3/c1-19-14(18)8-11-4-2-3-7-16(11)13(17)9-12(15)10-5-6-10/h10-12H,2-9,15H2,1H3. The van der Waals surface area contributed by atoms with Crippen LogP contribution in [0.3, 0.4) is 0 Å². The molecule has 1 saturated carbocycles. The molecule has 1 saturated heterocycles. The molecule has 0 aromatic rings. The summed E-state index contributed by atoms with van der Waals surface area (Å²) in [5.74, 6) is 0.400. The van der Waals surface area contributed by atoms with Crippen molar-refractivity contribution in [1.29, 1.82) is 0 Å². The highest BCUT2D eigenvalue weighted by atomic mass is 16.5. The van der Waals surface area contributed by atoms with Crippen molar-refractivity contribution >= 4 is 11.9 Å². The van der Waals surface area contributed by atoms with Crippen LogP contribution in [0.4, 0.5) is 0 Å². The Bertz CT molecular complexity index is 342. The number of carbonyl (C=O) groups is 2. The van der Waals surface area contributed by atoms with Crippen LogP contribution in [0.2, 0.25) is 0 Å². The Balaban J connectivity index is 1.89. The Morgan fingerprint density at radius 1 is 1.32 bits per heavy atom. The van der Waals surface area contributed by atoms with Gasteiger partial charge in [0.15, 0.2) is 0 Å². The Hall–Kier alpha value is -1.10. The highest BCUT2D eigenvalue weighted by Crippen LogP contribution is 2.33. The Labute approximate surface area is 114 Å². The molecule has 19 heavy (non-hydrogen) atoms. The first-order valence-corrected chi connectivity index (χ1v) is 7.23. The van der Waals surface area contributed by atoms with E-state index >= 15 is 0 Å². The molecule has 0 bridgehead atoms. The van der Waals surface area contributed by atoms with Crippen molar-refractivity contribution in [3.63, 3.8) is 0 Å². The second-order valence-electron chi connectivity index (χ2n) is 5.72. The van der Waals surface area contributed by atoms with Gasteiger partial charge in [-0.05, 0) is 38.0 Å². The number of hydrogen-bond donors (Lipinski definition) is 1. The fourth-order valence-corrected chi connectivity index (χ4v) is 2.83. The number of esters is 1. The molecule has 1 heterocycles. The molecule has 5 heteroatoms. The molecule has 0 spiro atoms. The molecule has 1 aliphatic heterocycles. The average Bonchev–Trinajstić information content (AvgIpc) is 3.23. The number of piperidine rings is 1. The van der Waals surface area contributed by atoms with Crippen molar-refractivity contribution < 1.29 is 14.3 Å². The van der Waals surface area contributed by atoms with Gasteiger partial charge < -0.3 is 15.4 Å². The van der Waals surface area contributed by atoms with Gasteiger partial charge in [0.05, 0.1) is 13.5 Å². The largest absolute Gasteiger partial charge is 0.469 e. The van der Waals surface area contributed by atoms with Gasteiger partial charge in [0.1, 0.15) is 0 Å². The van der Waals surface area contributed by atoms with Crippen LogP contribution in [-0.4, -0.2) is 42.5 Å². The predicted molar refractivity (Wildman–Crippen MR) is 71.3 cm³/mol. The number of carbonyl (C=O) groups excluding carboxylic acids is 2. The highest BCUT2D eigenvalue weighted by molar-refractivity contribution is 5.78. The van der Waals surface area contributed by atoms with Crippen LogP contribution in [0, 0.1) is 5.92 Å². The number of rotatable bonds is 5. The van der Waals surface area contributed by atoms with E-state index in [1.807, 2.05) is 4.90 Å². The topological polar surface area (TPSA) is 72.6 Å². The van der Waals surface area contributed by atoms with E-state index < -0.39 is 0 Å².